The van der Waals surface area contributed by atoms with Gasteiger partial charge in [-0.3, -0.25) is 4.79 Å². The van der Waals surface area contributed by atoms with Gasteiger partial charge in [-0.2, -0.15) is 0 Å². The first kappa shape index (κ1) is 22.3. The van der Waals surface area contributed by atoms with Crippen LogP contribution in [-0.2, 0) is 16.6 Å². The van der Waals surface area contributed by atoms with Gasteiger partial charge in [-0.25, -0.2) is 9.97 Å². The SMILES string of the molecule is CC(C)(C)c1cnc(CCSc2cnc(NC(=O)C3CCN(CCO)CC3)s2)o1. The second-order valence-corrected chi connectivity index (χ2v) is 10.7. The van der Waals surface area contributed by atoms with Gasteiger partial charge in [-0.1, -0.05) is 32.1 Å². The number of oxazole rings is 1. The molecule has 0 bridgehead atoms. The molecule has 160 valence electrons. The van der Waals surface area contributed by atoms with Gasteiger partial charge >= 0.3 is 0 Å². The van der Waals surface area contributed by atoms with E-state index in [9.17, 15) is 4.79 Å². The van der Waals surface area contributed by atoms with E-state index < -0.39 is 0 Å². The Kier molecular flexibility index (Phi) is 7.72. The standard InChI is InChI=1S/C20H30N4O3S2/c1-20(2,3)15-12-21-16(27-15)6-11-28-17-13-22-19(29-17)23-18(26)14-4-7-24(8-5-14)9-10-25/h12-14,25H,4-11H2,1-3H3,(H,22,23,26). The van der Waals surface area contributed by atoms with Crippen molar-refractivity contribution in [3.05, 3.63) is 24.0 Å². The second-order valence-electron chi connectivity index (χ2n) is 8.28. The number of hydrogen-bond acceptors (Lipinski definition) is 8. The van der Waals surface area contributed by atoms with Gasteiger partial charge < -0.3 is 19.7 Å². The Balaban J connectivity index is 1.41. The fourth-order valence-corrected chi connectivity index (χ4v) is 5.04. The summed E-state index contributed by atoms with van der Waals surface area (Å²) in [7, 11) is 0. The van der Waals surface area contributed by atoms with Crippen LogP contribution in [-0.4, -0.2) is 57.9 Å². The molecule has 1 fully saturated rings. The summed E-state index contributed by atoms with van der Waals surface area (Å²) in [6.45, 7) is 8.90. The van der Waals surface area contributed by atoms with Gasteiger partial charge in [0.05, 0.1) is 23.2 Å². The largest absolute Gasteiger partial charge is 0.445 e. The molecular weight excluding hydrogens is 408 g/mol. The first-order valence-corrected chi connectivity index (χ1v) is 11.8. The van der Waals surface area contributed by atoms with E-state index >= 15 is 0 Å². The molecule has 2 aromatic rings. The lowest BCUT2D eigenvalue weighted by Crippen LogP contribution is -2.39. The number of rotatable bonds is 8. The lowest BCUT2D eigenvalue weighted by atomic mass is 9.94. The third-order valence-electron chi connectivity index (χ3n) is 4.94. The van der Waals surface area contributed by atoms with Crippen molar-refractivity contribution in [3.8, 4) is 0 Å². The Labute approximate surface area is 180 Å². The van der Waals surface area contributed by atoms with Crippen LogP contribution in [0.5, 0.6) is 0 Å². The number of carbonyl (C=O) groups is 1. The van der Waals surface area contributed by atoms with Crippen LogP contribution in [0, 0.1) is 5.92 Å². The zero-order valence-electron chi connectivity index (χ0n) is 17.3. The summed E-state index contributed by atoms with van der Waals surface area (Å²) in [4.78, 5) is 23.4. The van der Waals surface area contributed by atoms with Crippen LogP contribution in [0.25, 0.3) is 0 Å². The Morgan fingerprint density at radius 1 is 1.34 bits per heavy atom. The number of carbonyl (C=O) groups excluding carboxylic acids is 1. The smallest absolute Gasteiger partial charge is 0.229 e. The van der Waals surface area contributed by atoms with Crippen molar-refractivity contribution in [3.63, 3.8) is 0 Å². The number of aromatic nitrogens is 2. The molecule has 0 unspecified atom stereocenters. The van der Waals surface area contributed by atoms with E-state index in [1.807, 2.05) is 12.4 Å². The lowest BCUT2D eigenvalue weighted by molar-refractivity contribution is -0.121. The number of amides is 1. The summed E-state index contributed by atoms with van der Waals surface area (Å²) in [6.07, 6.45) is 6.03. The quantitative estimate of drug-likeness (QED) is 0.610. The van der Waals surface area contributed by atoms with Gasteiger partial charge in [-0.15, -0.1) is 11.8 Å². The fraction of sp³-hybridized carbons (Fsp3) is 0.650. The highest BCUT2D eigenvalue weighted by molar-refractivity contribution is 8.01. The van der Waals surface area contributed by atoms with Gasteiger partial charge in [-0.05, 0) is 25.9 Å². The average Bonchev–Trinajstić information content (AvgIpc) is 3.32. The maximum absolute atomic E-state index is 12.5. The summed E-state index contributed by atoms with van der Waals surface area (Å²) >= 11 is 3.20. The molecule has 3 heterocycles. The Morgan fingerprint density at radius 2 is 2.10 bits per heavy atom. The molecule has 1 aliphatic rings. The molecule has 29 heavy (non-hydrogen) atoms. The van der Waals surface area contributed by atoms with E-state index in [1.54, 1.807) is 11.8 Å². The molecule has 0 spiro atoms. The van der Waals surface area contributed by atoms with Crippen molar-refractivity contribution in [2.75, 3.05) is 37.3 Å². The summed E-state index contributed by atoms with van der Waals surface area (Å²) in [6, 6.07) is 0. The lowest BCUT2D eigenvalue weighted by Gasteiger charge is -2.30. The number of thiazole rings is 1. The fourth-order valence-electron chi connectivity index (χ4n) is 3.16. The molecule has 0 aliphatic carbocycles. The van der Waals surface area contributed by atoms with Gasteiger partial charge in [0.2, 0.25) is 5.91 Å². The van der Waals surface area contributed by atoms with Crippen LogP contribution in [0.4, 0.5) is 5.13 Å². The number of nitrogens with zero attached hydrogens (tertiary/aromatic N) is 3. The van der Waals surface area contributed by atoms with Gasteiger partial charge in [0.25, 0.3) is 0 Å². The molecule has 1 amide bonds. The number of aliphatic hydroxyl groups is 1. The number of anilines is 1. The van der Waals surface area contributed by atoms with E-state index in [2.05, 4.69) is 41.0 Å². The highest BCUT2D eigenvalue weighted by atomic mass is 32.2. The number of hydrogen-bond donors (Lipinski definition) is 2. The molecule has 0 atom stereocenters. The van der Waals surface area contributed by atoms with Crippen molar-refractivity contribution in [2.24, 2.45) is 5.92 Å². The number of aliphatic hydroxyl groups excluding tert-OH is 1. The Morgan fingerprint density at radius 3 is 2.76 bits per heavy atom. The summed E-state index contributed by atoms with van der Waals surface area (Å²) in [5.41, 5.74) is -0.0291. The molecule has 2 aromatic heterocycles. The van der Waals surface area contributed by atoms with Gasteiger partial charge in [0.15, 0.2) is 11.0 Å². The number of nitrogens with one attached hydrogen (secondary N) is 1. The maximum Gasteiger partial charge on any atom is 0.229 e. The van der Waals surface area contributed by atoms with E-state index in [-0.39, 0.29) is 23.8 Å². The van der Waals surface area contributed by atoms with E-state index in [1.165, 1.54) is 11.3 Å². The maximum atomic E-state index is 12.5. The third kappa shape index (κ3) is 6.53. The molecule has 0 radical (unpaired) electrons. The first-order valence-electron chi connectivity index (χ1n) is 10.0. The topological polar surface area (TPSA) is 91.5 Å². The minimum absolute atomic E-state index is 0.0204. The zero-order chi connectivity index (χ0) is 20.9. The third-order valence-corrected chi connectivity index (χ3v) is 7.05. The van der Waals surface area contributed by atoms with Crippen LogP contribution in [0.3, 0.4) is 0 Å². The molecule has 1 saturated heterocycles. The number of aryl methyl sites for hydroxylation is 1. The molecule has 0 saturated carbocycles. The number of β-amino-alcohol motifs (C(OH)–C–C–N with tert-alkyl or cyclic N) is 1. The van der Waals surface area contributed by atoms with Gasteiger partial charge in [0, 0.05) is 30.1 Å². The van der Waals surface area contributed by atoms with E-state index in [0.717, 1.165) is 54.0 Å². The molecule has 0 aromatic carbocycles. The summed E-state index contributed by atoms with van der Waals surface area (Å²) in [5.74, 6) is 2.58. The Hall–Kier alpha value is -1.42. The summed E-state index contributed by atoms with van der Waals surface area (Å²) in [5, 5.41) is 12.6. The predicted molar refractivity (Wildman–Crippen MR) is 117 cm³/mol. The zero-order valence-corrected chi connectivity index (χ0v) is 18.9. The molecule has 7 nitrogen and oxygen atoms in total. The number of likely N-dealkylation sites (tertiary alicyclic amines) is 1. The van der Waals surface area contributed by atoms with Crippen LogP contribution in [0.15, 0.2) is 21.0 Å². The normalized spacial score (nSPS) is 16.3. The van der Waals surface area contributed by atoms with Gasteiger partial charge in [0.1, 0.15) is 5.76 Å². The first-order chi connectivity index (χ1) is 13.8. The van der Waals surface area contributed by atoms with Crippen molar-refractivity contribution in [2.45, 2.75) is 49.7 Å². The second kappa shape index (κ2) is 10.1. The van der Waals surface area contributed by atoms with Crippen LogP contribution >= 0.6 is 23.1 Å². The molecular formula is C20H30N4O3S2. The Bertz CT molecular complexity index is 792. The highest BCUT2D eigenvalue weighted by Gasteiger charge is 2.25. The van der Waals surface area contributed by atoms with Crippen LogP contribution < -0.4 is 5.32 Å². The minimum atomic E-state index is -0.0291. The van der Waals surface area contributed by atoms with Crippen molar-refractivity contribution >= 4 is 34.1 Å². The average molecular weight is 439 g/mol. The summed E-state index contributed by atoms with van der Waals surface area (Å²) < 4.78 is 6.89. The number of thioether (sulfide) groups is 1. The monoisotopic (exact) mass is 438 g/mol. The highest BCUT2D eigenvalue weighted by Crippen LogP contribution is 2.30. The molecule has 9 heteroatoms. The van der Waals surface area contributed by atoms with E-state index in [4.69, 9.17) is 9.52 Å². The van der Waals surface area contributed by atoms with Crippen LogP contribution in [0.2, 0.25) is 0 Å². The predicted octanol–water partition coefficient (Wildman–Crippen LogP) is 3.41. The minimum Gasteiger partial charge on any atom is -0.445 e. The van der Waals surface area contributed by atoms with E-state index in [0.29, 0.717) is 11.7 Å². The number of piperidine rings is 1. The van der Waals surface area contributed by atoms with Crippen LogP contribution in [0.1, 0.15) is 45.3 Å². The molecule has 1 aliphatic heterocycles. The van der Waals surface area contributed by atoms with Crippen molar-refractivity contribution in [1.82, 2.24) is 14.9 Å². The van der Waals surface area contributed by atoms with Crippen molar-refractivity contribution in [1.29, 1.82) is 0 Å². The van der Waals surface area contributed by atoms with Crippen molar-refractivity contribution < 1.29 is 14.3 Å². The molecule has 3 rings (SSSR count). The molecule has 2 N–H and O–H groups in total.